The van der Waals surface area contributed by atoms with Gasteiger partial charge in [0, 0.05) is 18.7 Å². The summed E-state index contributed by atoms with van der Waals surface area (Å²) in [5.74, 6) is 0.873. The third-order valence-corrected chi connectivity index (χ3v) is 3.35. The summed E-state index contributed by atoms with van der Waals surface area (Å²) in [5.41, 5.74) is 0.994. The molecule has 0 unspecified atom stereocenters. The van der Waals surface area contributed by atoms with Crippen LogP contribution in [0.3, 0.4) is 0 Å². The van der Waals surface area contributed by atoms with E-state index < -0.39 is 0 Å². The Morgan fingerprint density at radius 2 is 2.21 bits per heavy atom. The molecule has 1 aliphatic heterocycles. The van der Waals surface area contributed by atoms with Crippen molar-refractivity contribution < 1.29 is 14.6 Å². The highest BCUT2D eigenvalue weighted by Crippen LogP contribution is 2.25. The zero-order valence-corrected chi connectivity index (χ0v) is 11.3. The topological polar surface area (TPSA) is 50.7 Å². The van der Waals surface area contributed by atoms with Crippen LogP contribution in [0.1, 0.15) is 5.56 Å². The zero-order valence-electron chi connectivity index (χ0n) is 11.3. The van der Waals surface area contributed by atoms with E-state index in [-0.39, 0.29) is 12.0 Å². The number of hydrogen-bond acceptors (Lipinski definition) is 4. The van der Waals surface area contributed by atoms with Crippen molar-refractivity contribution in [3.8, 4) is 5.75 Å². The maximum atomic E-state index is 9.28. The molecule has 2 rings (SSSR count). The Balaban J connectivity index is 1.77. The van der Waals surface area contributed by atoms with E-state index in [0.29, 0.717) is 13.2 Å². The van der Waals surface area contributed by atoms with Crippen molar-refractivity contribution in [2.24, 2.45) is 5.41 Å². The molecule has 0 bridgehead atoms. The number of nitrogens with one attached hydrogen (secondary N) is 1. The van der Waals surface area contributed by atoms with Crippen molar-refractivity contribution in [2.75, 3.05) is 40.0 Å². The number of hydrogen-bond donors (Lipinski definition) is 2. The van der Waals surface area contributed by atoms with Gasteiger partial charge in [-0.15, -0.1) is 0 Å². The van der Waals surface area contributed by atoms with Gasteiger partial charge in [0.25, 0.3) is 0 Å². The van der Waals surface area contributed by atoms with Gasteiger partial charge >= 0.3 is 0 Å². The maximum Gasteiger partial charge on any atom is 0.126 e. The average molecular weight is 263 g/mol. The van der Waals surface area contributed by atoms with E-state index in [4.69, 9.17) is 9.47 Å². The number of para-hydroxylation sites is 1. The molecule has 0 amide bonds. The van der Waals surface area contributed by atoms with E-state index in [9.17, 15) is 5.11 Å². The number of ether oxygens (including phenoxy) is 2. The van der Waals surface area contributed by atoms with Gasteiger partial charge in [-0.25, -0.2) is 0 Å². The first-order valence-corrected chi connectivity index (χ1v) is 6.48. The summed E-state index contributed by atoms with van der Waals surface area (Å²) in [5, 5.41) is 12.6. The summed E-state index contributed by atoms with van der Waals surface area (Å²) < 4.78 is 10.4. The molecule has 1 aromatic rings. The van der Waals surface area contributed by atoms with Crippen LogP contribution >= 0.6 is 0 Å². The lowest BCUT2D eigenvalue weighted by Crippen LogP contribution is -2.52. The third-order valence-electron chi connectivity index (χ3n) is 3.35. The van der Waals surface area contributed by atoms with Crippen LogP contribution < -0.4 is 10.1 Å². The monoisotopic (exact) mass is 263 g/mol. The summed E-state index contributed by atoms with van der Waals surface area (Å²) in [4.78, 5) is 0. The van der Waals surface area contributed by atoms with Gasteiger partial charge in [0.1, 0.15) is 5.75 Å². The molecule has 4 heteroatoms. The van der Waals surface area contributed by atoms with E-state index in [0.717, 1.165) is 24.4 Å². The molecule has 1 heterocycles. The lowest BCUT2D eigenvalue weighted by molar-refractivity contribution is -0.133. The second kappa shape index (κ2) is 6.70. The third kappa shape index (κ3) is 3.56. The van der Waals surface area contributed by atoms with Crippen molar-refractivity contribution in [2.45, 2.75) is 0 Å². The molecule has 1 saturated heterocycles. The molecule has 0 aliphatic carbocycles. The highest BCUT2D eigenvalue weighted by Gasteiger charge is 2.37. The van der Waals surface area contributed by atoms with Crippen molar-refractivity contribution in [1.29, 1.82) is 0 Å². The molecule has 0 atom stereocenters. The van der Waals surface area contributed by atoms with Gasteiger partial charge in [0.05, 0.1) is 32.3 Å². The number of methoxy groups -OCH3 is 1. The minimum atomic E-state index is -0.0712. The maximum absolute atomic E-state index is 9.28. The van der Waals surface area contributed by atoms with Crippen molar-refractivity contribution >= 4 is 6.08 Å². The van der Waals surface area contributed by atoms with Crippen LogP contribution in [-0.2, 0) is 4.74 Å². The lowest BCUT2D eigenvalue weighted by atomic mass is 9.87. The fraction of sp³-hybridized carbons (Fsp3) is 0.467. The Bertz CT molecular complexity index is 422. The Labute approximate surface area is 114 Å². The predicted octanol–water partition coefficient (Wildman–Crippen LogP) is 1.31. The molecule has 1 aromatic carbocycles. The molecule has 0 radical (unpaired) electrons. The van der Waals surface area contributed by atoms with Gasteiger partial charge in [0.15, 0.2) is 0 Å². The SMILES string of the molecule is COc1ccccc1/C=C/CNCC1(CO)COC1. The summed E-state index contributed by atoms with van der Waals surface area (Å²) in [6.07, 6.45) is 4.09. The van der Waals surface area contributed by atoms with Crippen LogP contribution in [0.4, 0.5) is 0 Å². The Kier molecular flexibility index (Phi) is 4.96. The van der Waals surface area contributed by atoms with Gasteiger partial charge in [0.2, 0.25) is 0 Å². The molecular weight excluding hydrogens is 242 g/mol. The fourth-order valence-electron chi connectivity index (χ4n) is 2.05. The molecule has 1 fully saturated rings. The van der Waals surface area contributed by atoms with E-state index in [2.05, 4.69) is 11.4 Å². The standard InChI is InChI=1S/C15H21NO3/c1-18-14-7-3-2-5-13(14)6-4-8-16-9-15(10-17)11-19-12-15/h2-7,16-17H,8-12H2,1H3/b6-4+. The average Bonchev–Trinajstić information content (AvgIpc) is 2.41. The first kappa shape index (κ1) is 14.1. The molecule has 0 saturated carbocycles. The summed E-state index contributed by atoms with van der Waals surface area (Å²) >= 11 is 0. The quantitative estimate of drug-likeness (QED) is 0.728. The molecule has 104 valence electrons. The van der Waals surface area contributed by atoms with Crippen LogP contribution in [0.15, 0.2) is 30.3 Å². The first-order valence-electron chi connectivity index (χ1n) is 6.48. The van der Waals surface area contributed by atoms with Crippen molar-refractivity contribution in [3.05, 3.63) is 35.9 Å². The molecule has 4 nitrogen and oxygen atoms in total. The van der Waals surface area contributed by atoms with Gasteiger partial charge in [-0.3, -0.25) is 0 Å². The summed E-state index contributed by atoms with van der Waals surface area (Å²) in [7, 11) is 1.67. The van der Waals surface area contributed by atoms with Crippen molar-refractivity contribution in [3.63, 3.8) is 0 Å². The second-order valence-corrected chi connectivity index (χ2v) is 4.93. The Morgan fingerprint density at radius 1 is 1.42 bits per heavy atom. The summed E-state index contributed by atoms with van der Waals surface area (Å²) in [6, 6.07) is 7.90. The zero-order chi connectivity index (χ0) is 13.6. The molecule has 0 spiro atoms. The van der Waals surface area contributed by atoms with Crippen LogP contribution in [0.25, 0.3) is 6.08 Å². The van der Waals surface area contributed by atoms with Crippen LogP contribution in [0.5, 0.6) is 5.75 Å². The molecular formula is C15H21NO3. The molecule has 2 N–H and O–H groups in total. The smallest absolute Gasteiger partial charge is 0.126 e. The first-order chi connectivity index (χ1) is 9.29. The minimum Gasteiger partial charge on any atom is -0.496 e. The Morgan fingerprint density at radius 3 is 2.84 bits per heavy atom. The fourth-order valence-corrected chi connectivity index (χ4v) is 2.05. The minimum absolute atomic E-state index is 0.0712. The van der Waals surface area contributed by atoms with Gasteiger partial charge < -0.3 is 19.9 Å². The van der Waals surface area contributed by atoms with Crippen molar-refractivity contribution in [1.82, 2.24) is 5.32 Å². The Hall–Kier alpha value is -1.36. The highest BCUT2D eigenvalue weighted by molar-refractivity contribution is 5.57. The number of benzene rings is 1. The summed E-state index contributed by atoms with van der Waals surface area (Å²) in [6.45, 7) is 3.01. The van der Waals surface area contributed by atoms with Crippen LogP contribution in [0, 0.1) is 5.41 Å². The molecule has 1 aliphatic rings. The predicted molar refractivity (Wildman–Crippen MR) is 75.2 cm³/mol. The second-order valence-electron chi connectivity index (χ2n) is 4.93. The molecule has 0 aromatic heterocycles. The highest BCUT2D eigenvalue weighted by atomic mass is 16.5. The normalized spacial score (nSPS) is 17.4. The van der Waals surface area contributed by atoms with Gasteiger partial charge in [-0.1, -0.05) is 30.4 Å². The van der Waals surface area contributed by atoms with Gasteiger partial charge in [-0.2, -0.15) is 0 Å². The van der Waals surface area contributed by atoms with Gasteiger partial charge in [-0.05, 0) is 6.07 Å². The van der Waals surface area contributed by atoms with E-state index in [1.165, 1.54) is 0 Å². The largest absolute Gasteiger partial charge is 0.496 e. The molecule has 19 heavy (non-hydrogen) atoms. The number of aliphatic hydroxyl groups excluding tert-OH is 1. The van der Waals surface area contributed by atoms with E-state index >= 15 is 0 Å². The lowest BCUT2D eigenvalue weighted by Gasteiger charge is -2.39. The number of rotatable bonds is 7. The van der Waals surface area contributed by atoms with E-state index in [1.807, 2.05) is 30.3 Å². The van der Waals surface area contributed by atoms with Crippen LogP contribution in [-0.4, -0.2) is 45.1 Å². The number of aliphatic hydroxyl groups is 1. The van der Waals surface area contributed by atoms with E-state index in [1.54, 1.807) is 7.11 Å². The van der Waals surface area contributed by atoms with Crippen LogP contribution in [0.2, 0.25) is 0 Å².